The van der Waals surface area contributed by atoms with Gasteiger partial charge in [0, 0.05) is 0 Å². The first-order valence-electron chi connectivity index (χ1n) is 9.07. The van der Waals surface area contributed by atoms with Crippen LogP contribution in [0.4, 0.5) is 10.8 Å². The molecule has 0 bridgehead atoms. The van der Waals surface area contributed by atoms with Gasteiger partial charge in [-0.1, -0.05) is 53.4 Å². The molecular weight excluding hydrogens is 406 g/mol. The van der Waals surface area contributed by atoms with Crippen LogP contribution in [-0.2, 0) is 0 Å². The Kier molecular flexibility index (Phi) is 6.01. The number of nitrogens with one attached hydrogen (secondary N) is 1. The van der Waals surface area contributed by atoms with Gasteiger partial charge in [0.25, 0.3) is 0 Å². The number of hydrogen-bond donors (Lipinski definition) is 1. The van der Waals surface area contributed by atoms with E-state index < -0.39 is 0 Å². The molecule has 0 spiro atoms. The maximum atomic E-state index is 5.65. The van der Waals surface area contributed by atoms with Crippen molar-refractivity contribution in [2.45, 2.75) is 23.4 Å². The summed E-state index contributed by atoms with van der Waals surface area (Å²) in [4.78, 5) is 0. The molecule has 4 rings (SSSR count). The predicted molar refractivity (Wildman–Crippen MR) is 114 cm³/mol. The molecule has 1 N–H and O–H groups in total. The summed E-state index contributed by atoms with van der Waals surface area (Å²) in [6.07, 6.45) is 0. The molecule has 2 aromatic carbocycles. The minimum atomic E-state index is 0.00159. The van der Waals surface area contributed by atoms with E-state index in [0.717, 1.165) is 27.3 Å². The Bertz CT molecular complexity index is 1070. The van der Waals surface area contributed by atoms with Gasteiger partial charge in [0.05, 0.1) is 23.2 Å². The molecule has 0 aliphatic carbocycles. The van der Waals surface area contributed by atoms with Gasteiger partial charge in [0.2, 0.25) is 5.13 Å². The van der Waals surface area contributed by atoms with Crippen LogP contribution in [0.2, 0.25) is 0 Å². The van der Waals surface area contributed by atoms with E-state index in [0.29, 0.717) is 11.7 Å². The topological polar surface area (TPSA) is 90.6 Å². The summed E-state index contributed by atoms with van der Waals surface area (Å²) >= 11 is 3.04. The lowest BCUT2D eigenvalue weighted by molar-refractivity contribution is 0.342. The Morgan fingerprint density at radius 1 is 1.07 bits per heavy atom. The van der Waals surface area contributed by atoms with Gasteiger partial charge < -0.3 is 10.1 Å². The third-order valence-corrected chi connectivity index (χ3v) is 5.99. The van der Waals surface area contributed by atoms with Gasteiger partial charge >= 0.3 is 0 Å². The molecule has 1 atom stereocenters. The summed E-state index contributed by atoms with van der Waals surface area (Å²) in [5.41, 5.74) is 1.79. The quantitative estimate of drug-likeness (QED) is 0.412. The summed E-state index contributed by atoms with van der Waals surface area (Å²) in [6.45, 7) is 4.61. The maximum absolute atomic E-state index is 5.65. The van der Waals surface area contributed by atoms with Gasteiger partial charge in [-0.3, -0.25) is 0 Å². The molecule has 0 amide bonds. The molecule has 4 aromatic rings. The lowest BCUT2D eigenvalue weighted by Gasteiger charge is -2.10. The molecule has 0 aliphatic rings. The van der Waals surface area contributed by atoms with Gasteiger partial charge in [-0.2, -0.15) is 4.68 Å². The molecule has 2 heterocycles. The van der Waals surface area contributed by atoms with Crippen LogP contribution in [0.5, 0.6) is 5.75 Å². The molecule has 2 aromatic heterocycles. The number of aromatic nitrogens is 6. The van der Waals surface area contributed by atoms with Crippen LogP contribution in [-0.4, -0.2) is 37.0 Å². The van der Waals surface area contributed by atoms with E-state index in [1.54, 1.807) is 16.4 Å². The van der Waals surface area contributed by atoms with Gasteiger partial charge in [-0.15, -0.1) is 15.3 Å². The molecule has 0 radical (unpaired) electrons. The van der Waals surface area contributed by atoms with Crippen molar-refractivity contribution in [3.05, 3.63) is 60.4 Å². The standard InChI is InChI=1S/C19H19N7OS2/c1-3-27-16-12-8-7-11-15(16)20-18-22-23-19(29-18)28-13(2)17-21-24-25-26(17)14-9-5-4-6-10-14/h4-13H,3H2,1-2H3,(H,20,22). The smallest absolute Gasteiger partial charge is 0.210 e. The molecule has 0 fully saturated rings. The van der Waals surface area contributed by atoms with Crippen molar-refractivity contribution in [1.82, 2.24) is 30.4 Å². The van der Waals surface area contributed by atoms with Crippen LogP contribution in [0.1, 0.15) is 24.9 Å². The van der Waals surface area contributed by atoms with E-state index in [9.17, 15) is 0 Å². The zero-order chi connectivity index (χ0) is 20.1. The fraction of sp³-hybridized carbons (Fsp3) is 0.211. The first-order valence-corrected chi connectivity index (χ1v) is 10.8. The van der Waals surface area contributed by atoms with Crippen LogP contribution in [0.15, 0.2) is 58.9 Å². The van der Waals surface area contributed by atoms with Gasteiger partial charge in [0.15, 0.2) is 10.2 Å². The molecule has 0 saturated carbocycles. The van der Waals surface area contributed by atoms with Crippen molar-refractivity contribution < 1.29 is 4.74 Å². The number of tetrazole rings is 1. The molecular formula is C19H19N7OS2. The molecule has 10 heteroatoms. The summed E-state index contributed by atoms with van der Waals surface area (Å²) in [6, 6.07) is 17.6. The molecule has 8 nitrogen and oxygen atoms in total. The summed E-state index contributed by atoms with van der Waals surface area (Å²) in [5, 5.41) is 24.7. The molecule has 29 heavy (non-hydrogen) atoms. The van der Waals surface area contributed by atoms with Crippen LogP contribution in [0.25, 0.3) is 5.69 Å². The fourth-order valence-corrected chi connectivity index (χ4v) is 4.67. The Morgan fingerprint density at radius 3 is 2.69 bits per heavy atom. The first-order chi connectivity index (χ1) is 14.2. The third kappa shape index (κ3) is 4.54. The molecule has 148 valence electrons. The Labute approximate surface area is 176 Å². The highest BCUT2D eigenvalue weighted by Gasteiger charge is 2.19. The first kappa shape index (κ1) is 19.3. The van der Waals surface area contributed by atoms with Crippen molar-refractivity contribution in [3.8, 4) is 11.4 Å². The Hall–Kier alpha value is -2.98. The van der Waals surface area contributed by atoms with Crippen LogP contribution >= 0.6 is 23.1 Å². The van der Waals surface area contributed by atoms with E-state index in [1.807, 2.05) is 61.5 Å². The van der Waals surface area contributed by atoms with Gasteiger partial charge in [0.1, 0.15) is 5.75 Å². The number of hydrogen-bond acceptors (Lipinski definition) is 9. The van der Waals surface area contributed by atoms with Crippen molar-refractivity contribution in [3.63, 3.8) is 0 Å². The number of ether oxygens (including phenoxy) is 1. The Morgan fingerprint density at radius 2 is 1.86 bits per heavy atom. The van der Waals surface area contributed by atoms with E-state index in [4.69, 9.17) is 4.74 Å². The largest absolute Gasteiger partial charge is 0.492 e. The summed E-state index contributed by atoms with van der Waals surface area (Å²) in [5.74, 6) is 1.54. The van der Waals surface area contributed by atoms with Crippen molar-refractivity contribution >= 4 is 33.9 Å². The second-order valence-electron chi connectivity index (χ2n) is 5.97. The van der Waals surface area contributed by atoms with Gasteiger partial charge in [-0.25, -0.2) is 0 Å². The number of rotatable bonds is 8. The fourth-order valence-electron chi connectivity index (χ4n) is 2.68. The van der Waals surface area contributed by atoms with Crippen molar-refractivity contribution in [2.24, 2.45) is 0 Å². The monoisotopic (exact) mass is 425 g/mol. The Balaban J connectivity index is 1.47. The minimum Gasteiger partial charge on any atom is -0.492 e. The zero-order valence-electron chi connectivity index (χ0n) is 15.9. The van der Waals surface area contributed by atoms with Crippen LogP contribution in [0.3, 0.4) is 0 Å². The highest BCUT2D eigenvalue weighted by Crippen LogP contribution is 2.38. The number of anilines is 2. The zero-order valence-corrected chi connectivity index (χ0v) is 17.5. The van der Waals surface area contributed by atoms with Crippen molar-refractivity contribution in [1.29, 1.82) is 0 Å². The lowest BCUT2D eigenvalue weighted by atomic mass is 10.3. The minimum absolute atomic E-state index is 0.00159. The summed E-state index contributed by atoms with van der Waals surface area (Å²) in [7, 11) is 0. The van der Waals surface area contributed by atoms with E-state index in [-0.39, 0.29) is 5.25 Å². The summed E-state index contributed by atoms with van der Waals surface area (Å²) < 4.78 is 8.22. The highest BCUT2D eigenvalue weighted by atomic mass is 32.2. The molecule has 0 aliphatic heterocycles. The van der Waals surface area contributed by atoms with E-state index in [2.05, 4.69) is 38.0 Å². The number of benzene rings is 2. The van der Waals surface area contributed by atoms with Crippen LogP contribution in [0, 0.1) is 0 Å². The second kappa shape index (κ2) is 9.01. The number of nitrogens with zero attached hydrogens (tertiary/aromatic N) is 6. The van der Waals surface area contributed by atoms with E-state index in [1.165, 1.54) is 11.3 Å². The second-order valence-corrected chi connectivity index (χ2v) is 8.54. The van der Waals surface area contributed by atoms with E-state index >= 15 is 0 Å². The predicted octanol–water partition coefficient (Wildman–Crippen LogP) is 4.51. The third-order valence-electron chi connectivity index (χ3n) is 3.97. The number of para-hydroxylation sites is 3. The average molecular weight is 426 g/mol. The number of thioether (sulfide) groups is 1. The lowest BCUT2D eigenvalue weighted by Crippen LogP contribution is -2.04. The maximum Gasteiger partial charge on any atom is 0.210 e. The van der Waals surface area contributed by atoms with Crippen molar-refractivity contribution in [2.75, 3.05) is 11.9 Å². The molecule has 0 saturated heterocycles. The molecule has 1 unspecified atom stereocenters. The van der Waals surface area contributed by atoms with Crippen LogP contribution < -0.4 is 10.1 Å². The SMILES string of the molecule is CCOc1ccccc1Nc1nnc(SC(C)c2nnnn2-c2ccccc2)s1. The van der Waals surface area contributed by atoms with Gasteiger partial charge in [-0.05, 0) is 48.5 Å². The average Bonchev–Trinajstić information content (AvgIpc) is 3.40. The normalized spacial score (nSPS) is 11.9. The highest BCUT2D eigenvalue weighted by molar-refractivity contribution is 8.01.